The Labute approximate surface area is 118 Å². The standard InChI is InChI=1S/C16H17N3O/c17-16-13(5-4-8-18-16)9-12-10-15(20)19(11-12)14-6-2-1-3-7-14/h1-8,12H,9-11H2,(H2,17,18). The van der Waals surface area contributed by atoms with Crippen LogP contribution in [-0.4, -0.2) is 17.4 Å². The number of nitrogens with zero attached hydrogens (tertiary/aromatic N) is 2. The molecule has 4 heteroatoms. The Kier molecular flexibility index (Phi) is 3.37. The van der Waals surface area contributed by atoms with Crippen LogP contribution in [0.15, 0.2) is 48.7 Å². The minimum atomic E-state index is 0.184. The zero-order chi connectivity index (χ0) is 13.9. The number of nitrogen functional groups attached to an aromatic ring is 1. The van der Waals surface area contributed by atoms with Gasteiger partial charge in [0.05, 0.1) is 0 Å². The van der Waals surface area contributed by atoms with Crippen molar-refractivity contribution < 1.29 is 4.79 Å². The highest BCUT2D eigenvalue weighted by atomic mass is 16.2. The van der Waals surface area contributed by atoms with Gasteiger partial charge in [0.25, 0.3) is 0 Å². The van der Waals surface area contributed by atoms with Crippen molar-refractivity contribution in [2.75, 3.05) is 17.2 Å². The van der Waals surface area contributed by atoms with Crippen LogP contribution in [0.2, 0.25) is 0 Å². The number of hydrogen-bond donors (Lipinski definition) is 1. The highest BCUT2D eigenvalue weighted by Gasteiger charge is 2.30. The number of nitrogens with two attached hydrogens (primary N) is 1. The fourth-order valence-corrected chi connectivity index (χ4v) is 2.71. The number of aromatic nitrogens is 1. The van der Waals surface area contributed by atoms with E-state index >= 15 is 0 Å². The molecule has 2 N–H and O–H groups in total. The summed E-state index contributed by atoms with van der Waals surface area (Å²) in [5.74, 6) is 1.05. The number of anilines is 2. The monoisotopic (exact) mass is 267 g/mol. The van der Waals surface area contributed by atoms with Crippen LogP contribution < -0.4 is 10.6 Å². The van der Waals surface area contributed by atoms with Crippen LogP contribution in [0.5, 0.6) is 0 Å². The van der Waals surface area contributed by atoms with Gasteiger partial charge in [-0.3, -0.25) is 4.79 Å². The van der Waals surface area contributed by atoms with Gasteiger partial charge < -0.3 is 10.6 Å². The summed E-state index contributed by atoms with van der Waals surface area (Å²) in [5, 5.41) is 0. The third kappa shape index (κ3) is 2.50. The first-order chi connectivity index (χ1) is 9.74. The Morgan fingerprint density at radius 2 is 2.00 bits per heavy atom. The minimum absolute atomic E-state index is 0.184. The Balaban J connectivity index is 1.73. The van der Waals surface area contributed by atoms with Crippen LogP contribution >= 0.6 is 0 Å². The molecule has 3 rings (SSSR count). The van der Waals surface area contributed by atoms with E-state index in [0.717, 1.165) is 24.2 Å². The van der Waals surface area contributed by atoms with Crippen LogP contribution in [0.25, 0.3) is 0 Å². The average Bonchev–Trinajstić information content (AvgIpc) is 2.83. The van der Waals surface area contributed by atoms with Crippen LogP contribution in [0.3, 0.4) is 0 Å². The van der Waals surface area contributed by atoms with Gasteiger partial charge in [-0.2, -0.15) is 0 Å². The van der Waals surface area contributed by atoms with Gasteiger partial charge in [-0.15, -0.1) is 0 Å². The summed E-state index contributed by atoms with van der Waals surface area (Å²) in [6, 6.07) is 13.7. The molecule has 0 aliphatic carbocycles. The molecule has 0 spiro atoms. The first-order valence-electron chi connectivity index (χ1n) is 6.79. The molecular weight excluding hydrogens is 250 g/mol. The SMILES string of the molecule is Nc1ncccc1CC1CC(=O)N(c2ccccc2)C1. The third-order valence-corrected chi connectivity index (χ3v) is 3.71. The zero-order valence-corrected chi connectivity index (χ0v) is 11.2. The van der Waals surface area contributed by atoms with Crippen molar-refractivity contribution in [1.82, 2.24) is 4.98 Å². The van der Waals surface area contributed by atoms with E-state index in [0.29, 0.717) is 18.2 Å². The molecule has 0 saturated carbocycles. The largest absolute Gasteiger partial charge is 0.383 e. The summed E-state index contributed by atoms with van der Waals surface area (Å²) >= 11 is 0. The topological polar surface area (TPSA) is 59.2 Å². The summed E-state index contributed by atoms with van der Waals surface area (Å²) < 4.78 is 0. The quantitative estimate of drug-likeness (QED) is 0.928. The number of benzene rings is 1. The smallest absolute Gasteiger partial charge is 0.227 e. The van der Waals surface area contributed by atoms with Crippen molar-refractivity contribution in [2.45, 2.75) is 12.8 Å². The van der Waals surface area contributed by atoms with E-state index < -0.39 is 0 Å². The first kappa shape index (κ1) is 12.7. The number of para-hydroxylation sites is 1. The lowest BCUT2D eigenvalue weighted by Crippen LogP contribution is -2.24. The average molecular weight is 267 g/mol. The second-order valence-electron chi connectivity index (χ2n) is 5.16. The maximum atomic E-state index is 12.1. The molecule has 1 amide bonds. The van der Waals surface area contributed by atoms with Crippen LogP contribution in [0, 0.1) is 5.92 Å². The van der Waals surface area contributed by atoms with Gasteiger partial charge in [-0.25, -0.2) is 4.98 Å². The Morgan fingerprint density at radius 3 is 2.75 bits per heavy atom. The molecular formula is C16H17N3O. The van der Waals surface area contributed by atoms with Crippen LogP contribution in [0.4, 0.5) is 11.5 Å². The fourth-order valence-electron chi connectivity index (χ4n) is 2.71. The van der Waals surface area contributed by atoms with Gasteiger partial charge in [0.2, 0.25) is 5.91 Å². The van der Waals surface area contributed by atoms with Crippen molar-refractivity contribution in [3.05, 3.63) is 54.2 Å². The van der Waals surface area contributed by atoms with Crippen molar-refractivity contribution in [3.8, 4) is 0 Å². The Bertz CT molecular complexity index is 612. The summed E-state index contributed by atoms with van der Waals surface area (Å²) in [4.78, 5) is 18.1. The van der Waals surface area contributed by atoms with Gasteiger partial charge in [0.1, 0.15) is 5.82 Å². The van der Waals surface area contributed by atoms with E-state index in [1.54, 1.807) is 6.20 Å². The molecule has 0 radical (unpaired) electrons. The predicted molar refractivity (Wildman–Crippen MR) is 79.3 cm³/mol. The predicted octanol–water partition coefficient (Wildman–Crippen LogP) is 2.26. The number of carbonyl (C=O) groups excluding carboxylic acids is 1. The molecule has 0 bridgehead atoms. The summed E-state index contributed by atoms with van der Waals surface area (Å²) in [7, 11) is 0. The Hall–Kier alpha value is -2.36. The van der Waals surface area contributed by atoms with Gasteiger partial charge in [0.15, 0.2) is 0 Å². The Morgan fingerprint density at radius 1 is 1.20 bits per heavy atom. The van der Waals surface area contributed by atoms with E-state index in [-0.39, 0.29) is 5.91 Å². The molecule has 1 atom stereocenters. The maximum absolute atomic E-state index is 12.1. The summed E-state index contributed by atoms with van der Waals surface area (Å²) in [6.45, 7) is 0.747. The third-order valence-electron chi connectivity index (χ3n) is 3.71. The normalized spacial score (nSPS) is 18.5. The van der Waals surface area contributed by atoms with E-state index in [9.17, 15) is 4.79 Å². The second-order valence-corrected chi connectivity index (χ2v) is 5.16. The van der Waals surface area contributed by atoms with Crippen molar-refractivity contribution >= 4 is 17.4 Å². The zero-order valence-electron chi connectivity index (χ0n) is 11.2. The van der Waals surface area contributed by atoms with Crippen molar-refractivity contribution in [3.63, 3.8) is 0 Å². The number of carbonyl (C=O) groups is 1. The van der Waals surface area contributed by atoms with E-state index in [1.807, 2.05) is 47.4 Å². The van der Waals surface area contributed by atoms with E-state index in [2.05, 4.69) is 4.98 Å². The second kappa shape index (κ2) is 5.33. The van der Waals surface area contributed by atoms with E-state index in [1.165, 1.54) is 0 Å². The molecule has 2 heterocycles. The van der Waals surface area contributed by atoms with Gasteiger partial charge in [-0.05, 0) is 36.1 Å². The molecule has 1 aliphatic rings. The molecule has 102 valence electrons. The van der Waals surface area contributed by atoms with Gasteiger partial charge >= 0.3 is 0 Å². The highest BCUT2D eigenvalue weighted by Crippen LogP contribution is 2.27. The van der Waals surface area contributed by atoms with E-state index in [4.69, 9.17) is 5.73 Å². The molecule has 4 nitrogen and oxygen atoms in total. The minimum Gasteiger partial charge on any atom is -0.383 e. The highest BCUT2D eigenvalue weighted by molar-refractivity contribution is 5.95. The summed E-state index contributed by atoms with van der Waals surface area (Å²) in [5.41, 5.74) is 7.87. The number of amides is 1. The molecule has 1 saturated heterocycles. The molecule has 1 fully saturated rings. The van der Waals surface area contributed by atoms with Crippen molar-refractivity contribution in [1.29, 1.82) is 0 Å². The fraction of sp³-hybridized carbons (Fsp3) is 0.250. The molecule has 20 heavy (non-hydrogen) atoms. The lowest BCUT2D eigenvalue weighted by atomic mass is 9.99. The maximum Gasteiger partial charge on any atom is 0.227 e. The molecule has 1 aromatic heterocycles. The summed E-state index contributed by atoms with van der Waals surface area (Å²) in [6.07, 6.45) is 3.06. The molecule has 1 aliphatic heterocycles. The van der Waals surface area contributed by atoms with Crippen molar-refractivity contribution in [2.24, 2.45) is 5.92 Å². The number of hydrogen-bond acceptors (Lipinski definition) is 3. The lowest BCUT2D eigenvalue weighted by molar-refractivity contribution is -0.117. The van der Waals surface area contributed by atoms with Crippen LogP contribution in [-0.2, 0) is 11.2 Å². The first-order valence-corrected chi connectivity index (χ1v) is 6.79. The lowest BCUT2D eigenvalue weighted by Gasteiger charge is -2.16. The number of rotatable bonds is 3. The molecule has 2 aromatic rings. The van der Waals surface area contributed by atoms with Gasteiger partial charge in [-0.1, -0.05) is 24.3 Å². The number of pyridine rings is 1. The van der Waals surface area contributed by atoms with Gasteiger partial charge in [0, 0.05) is 24.8 Å². The molecule has 1 aromatic carbocycles. The molecule has 1 unspecified atom stereocenters. The van der Waals surface area contributed by atoms with Crippen LogP contribution in [0.1, 0.15) is 12.0 Å².